The van der Waals surface area contributed by atoms with E-state index in [0.717, 1.165) is 12.2 Å². The van der Waals surface area contributed by atoms with Crippen LogP contribution in [0.5, 0.6) is 5.75 Å². The number of rotatable bonds is 7. The van der Waals surface area contributed by atoms with Gasteiger partial charge in [-0.3, -0.25) is 9.78 Å². The molecule has 1 heterocycles. The third-order valence-electron chi connectivity index (χ3n) is 2.11. The van der Waals surface area contributed by atoms with Crippen LogP contribution in [0.15, 0.2) is 18.3 Å². The van der Waals surface area contributed by atoms with Crippen LogP contribution in [-0.4, -0.2) is 23.5 Å². The second-order valence-corrected chi connectivity index (χ2v) is 4.09. The summed E-state index contributed by atoms with van der Waals surface area (Å²) in [5.41, 5.74) is 5.96. The van der Waals surface area contributed by atoms with E-state index in [2.05, 4.69) is 24.1 Å². The Kier molecular flexibility index (Phi) is 5.42. The lowest BCUT2D eigenvalue weighted by Gasteiger charge is -2.08. The largest absolute Gasteiger partial charge is 0.491 e. The lowest BCUT2D eigenvalue weighted by molar-refractivity contribution is -0.118. The van der Waals surface area contributed by atoms with E-state index in [0.29, 0.717) is 18.4 Å². The molecule has 3 N–H and O–H groups in total. The SMILES string of the molecule is CC(C)NCc1ccc(OCCC(N)=O)cn1. The Hall–Kier alpha value is -1.62. The van der Waals surface area contributed by atoms with E-state index in [1.54, 1.807) is 6.20 Å². The number of pyridine rings is 1. The zero-order valence-corrected chi connectivity index (χ0v) is 10.3. The van der Waals surface area contributed by atoms with Crippen molar-refractivity contribution in [3.05, 3.63) is 24.0 Å². The van der Waals surface area contributed by atoms with E-state index >= 15 is 0 Å². The first-order chi connectivity index (χ1) is 8.08. The molecule has 0 saturated carbocycles. The van der Waals surface area contributed by atoms with Crippen molar-refractivity contribution in [2.24, 2.45) is 5.73 Å². The van der Waals surface area contributed by atoms with Gasteiger partial charge in [0.1, 0.15) is 5.75 Å². The molecule has 5 nitrogen and oxygen atoms in total. The van der Waals surface area contributed by atoms with Gasteiger partial charge in [-0.15, -0.1) is 0 Å². The Morgan fingerprint density at radius 3 is 2.82 bits per heavy atom. The molecule has 1 aromatic heterocycles. The first kappa shape index (κ1) is 13.4. The van der Waals surface area contributed by atoms with Gasteiger partial charge in [0.05, 0.1) is 24.9 Å². The molecule has 0 unspecified atom stereocenters. The predicted molar refractivity (Wildman–Crippen MR) is 65.5 cm³/mol. The summed E-state index contributed by atoms with van der Waals surface area (Å²) in [4.78, 5) is 14.8. The van der Waals surface area contributed by atoms with Gasteiger partial charge in [0.15, 0.2) is 0 Å². The monoisotopic (exact) mass is 237 g/mol. The molecule has 94 valence electrons. The molecule has 0 saturated heterocycles. The van der Waals surface area contributed by atoms with Crippen molar-refractivity contribution in [2.45, 2.75) is 32.9 Å². The average molecular weight is 237 g/mol. The smallest absolute Gasteiger partial charge is 0.220 e. The van der Waals surface area contributed by atoms with Crippen LogP contribution in [0.2, 0.25) is 0 Å². The molecule has 1 amide bonds. The molecule has 0 bridgehead atoms. The number of primary amides is 1. The molecule has 17 heavy (non-hydrogen) atoms. The highest BCUT2D eigenvalue weighted by molar-refractivity contribution is 5.73. The van der Waals surface area contributed by atoms with E-state index in [1.807, 2.05) is 12.1 Å². The standard InChI is InChI=1S/C12H19N3O2/c1-9(2)14-7-10-3-4-11(8-15-10)17-6-5-12(13)16/h3-4,8-9,14H,5-7H2,1-2H3,(H2,13,16). The van der Waals surface area contributed by atoms with Gasteiger partial charge in [-0.1, -0.05) is 13.8 Å². The Morgan fingerprint density at radius 1 is 1.53 bits per heavy atom. The maximum atomic E-state index is 10.5. The summed E-state index contributed by atoms with van der Waals surface area (Å²) >= 11 is 0. The number of amides is 1. The quantitative estimate of drug-likeness (QED) is 0.736. The van der Waals surface area contributed by atoms with Gasteiger partial charge in [-0.05, 0) is 12.1 Å². The molecule has 5 heteroatoms. The Balaban J connectivity index is 2.36. The van der Waals surface area contributed by atoms with Crippen LogP contribution in [0.3, 0.4) is 0 Å². The molecule has 0 spiro atoms. The van der Waals surface area contributed by atoms with E-state index in [4.69, 9.17) is 10.5 Å². The summed E-state index contributed by atoms with van der Waals surface area (Å²) in [6, 6.07) is 4.17. The summed E-state index contributed by atoms with van der Waals surface area (Å²) in [5.74, 6) is 0.287. The summed E-state index contributed by atoms with van der Waals surface area (Å²) in [5, 5.41) is 3.27. The third-order valence-corrected chi connectivity index (χ3v) is 2.11. The number of hydrogen-bond donors (Lipinski definition) is 2. The average Bonchev–Trinajstić information content (AvgIpc) is 2.27. The van der Waals surface area contributed by atoms with Crippen molar-refractivity contribution < 1.29 is 9.53 Å². The fourth-order valence-electron chi connectivity index (χ4n) is 1.18. The fraction of sp³-hybridized carbons (Fsp3) is 0.500. The minimum atomic E-state index is -0.365. The normalized spacial score (nSPS) is 10.5. The number of nitrogens with two attached hydrogens (primary N) is 1. The molecule has 0 atom stereocenters. The first-order valence-electron chi connectivity index (χ1n) is 5.67. The molecule has 0 aliphatic carbocycles. The van der Waals surface area contributed by atoms with Gasteiger partial charge in [-0.25, -0.2) is 0 Å². The maximum Gasteiger partial charge on any atom is 0.220 e. The molecular weight excluding hydrogens is 218 g/mol. The molecule has 1 rings (SSSR count). The van der Waals surface area contributed by atoms with Crippen molar-refractivity contribution in [2.75, 3.05) is 6.61 Å². The van der Waals surface area contributed by atoms with Crippen LogP contribution in [0.4, 0.5) is 0 Å². The number of carbonyl (C=O) groups is 1. The Bertz CT molecular complexity index is 349. The van der Waals surface area contributed by atoms with Gasteiger partial charge < -0.3 is 15.8 Å². The number of aromatic nitrogens is 1. The second kappa shape index (κ2) is 6.85. The van der Waals surface area contributed by atoms with Crippen molar-refractivity contribution in [3.8, 4) is 5.75 Å². The molecule has 1 aromatic rings. The van der Waals surface area contributed by atoms with E-state index < -0.39 is 0 Å². The molecule has 0 aromatic carbocycles. The Morgan fingerprint density at radius 2 is 2.29 bits per heavy atom. The molecule has 0 radical (unpaired) electrons. The van der Waals surface area contributed by atoms with Crippen molar-refractivity contribution >= 4 is 5.91 Å². The van der Waals surface area contributed by atoms with Crippen LogP contribution in [0.1, 0.15) is 26.0 Å². The van der Waals surface area contributed by atoms with Crippen LogP contribution >= 0.6 is 0 Å². The lowest BCUT2D eigenvalue weighted by Crippen LogP contribution is -2.22. The molecule has 0 aliphatic heterocycles. The van der Waals surface area contributed by atoms with Crippen molar-refractivity contribution in [3.63, 3.8) is 0 Å². The predicted octanol–water partition coefficient (Wildman–Crippen LogP) is 0.834. The van der Waals surface area contributed by atoms with Gasteiger partial charge in [0.2, 0.25) is 5.91 Å². The van der Waals surface area contributed by atoms with Gasteiger partial charge >= 0.3 is 0 Å². The van der Waals surface area contributed by atoms with Gasteiger partial charge in [-0.2, -0.15) is 0 Å². The van der Waals surface area contributed by atoms with Crippen molar-refractivity contribution in [1.82, 2.24) is 10.3 Å². The van der Waals surface area contributed by atoms with Gasteiger partial charge in [0.25, 0.3) is 0 Å². The molecule has 0 fully saturated rings. The van der Waals surface area contributed by atoms with Crippen LogP contribution < -0.4 is 15.8 Å². The second-order valence-electron chi connectivity index (χ2n) is 4.09. The summed E-state index contributed by atoms with van der Waals surface area (Å²) in [6.07, 6.45) is 1.87. The lowest BCUT2D eigenvalue weighted by atomic mass is 10.3. The number of nitrogens with one attached hydrogen (secondary N) is 1. The highest BCUT2D eigenvalue weighted by Gasteiger charge is 1.99. The highest BCUT2D eigenvalue weighted by atomic mass is 16.5. The topological polar surface area (TPSA) is 77.2 Å². The zero-order chi connectivity index (χ0) is 12.7. The third kappa shape index (κ3) is 5.87. The summed E-state index contributed by atoms with van der Waals surface area (Å²) in [6.45, 7) is 5.20. The summed E-state index contributed by atoms with van der Waals surface area (Å²) < 4.78 is 5.31. The van der Waals surface area contributed by atoms with E-state index in [9.17, 15) is 4.79 Å². The highest BCUT2D eigenvalue weighted by Crippen LogP contribution is 2.09. The molecular formula is C12H19N3O2. The van der Waals surface area contributed by atoms with Crippen LogP contribution in [0.25, 0.3) is 0 Å². The maximum absolute atomic E-state index is 10.5. The summed E-state index contributed by atoms with van der Waals surface area (Å²) in [7, 11) is 0. The van der Waals surface area contributed by atoms with Crippen LogP contribution in [0, 0.1) is 0 Å². The number of carbonyl (C=O) groups excluding carboxylic acids is 1. The van der Waals surface area contributed by atoms with Crippen molar-refractivity contribution in [1.29, 1.82) is 0 Å². The number of nitrogens with zero attached hydrogens (tertiary/aromatic N) is 1. The first-order valence-corrected chi connectivity index (χ1v) is 5.67. The zero-order valence-electron chi connectivity index (χ0n) is 10.3. The van der Waals surface area contributed by atoms with E-state index in [1.165, 1.54) is 0 Å². The van der Waals surface area contributed by atoms with Crippen LogP contribution in [-0.2, 0) is 11.3 Å². The number of ether oxygens (including phenoxy) is 1. The Labute approximate surface area is 101 Å². The van der Waals surface area contributed by atoms with E-state index in [-0.39, 0.29) is 12.3 Å². The minimum Gasteiger partial charge on any atom is -0.491 e. The minimum absolute atomic E-state index is 0.219. The molecule has 0 aliphatic rings. The number of hydrogen-bond acceptors (Lipinski definition) is 4. The van der Waals surface area contributed by atoms with Gasteiger partial charge in [0, 0.05) is 12.6 Å². The fourth-order valence-corrected chi connectivity index (χ4v) is 1.18.